The van der Waals surface area contributed by atoms with E-state index >= 15 is 0 Å². The van der Waals surface area contributed by atoms with Crippen LogP contribution in [0.2, 0.25) is 0 Å². The number of hydrogen-bond donors (Lipinski definition) is 0. The minimum atomic E-state index is -0.437. The van der Waals surface area contributed by atoms with Crippen molar-refractivity contribution in [3.8, 4) is 24.0 Å². The van der Waals surface area contributed by atoms with Crippen LogP contribution in [0.25, 0.3) is 27.4 Å². The fraction of sp³-hybridized carbons (Fsp3) is 0.143. The van der Waals surface area contributed by atoms with Gasteiger partial charge in [-0.2, -0.15) is 15.8 Å². The van der Waals surface area contributed by atoms with Crippen molar-refractivity contribution in [2.24, 2.45) is 7.05 Å². The van der Waals surface area contributed by atoms with E-state index in [1.54, 1.807) is 42.5 Å². The highest BCUT2D eigenvalue weighted by atomic mass is 16.5. The number of nitriles is 3. The third-order valence-corrected chi connectivity index (χ3v) is 4.60. The van der Waals surface area contributed by atoms with Crippen LogP contribution in [0, 0.1) is 34.0 Å². The van der Waals surface area contributed by atoms with E-state index < -0.39 is 5.97 Å². The van der Waals surface area contributed by atoms with Crippen molar-refractivity contribution < 1.29 is 14.3 Å². The van der Waals surface area contributed by atoms with Crippen molar-refractivity contribution in [3.05, 3.63) is 47.0 Å². The molecule has 0 radical (unpaired) electrons. The molecule has 7 heteroatoms. The maximum atomic E-state index is 11.9. The number of benzene rings is 2. The molecule has 3 rings (SSSR count). The van der Waals surface area contributed by atoms with E-state index in [4.69, 9.17) is 9.47 Å². The Kier molecular flexibility index (Phi) is 4.73. The lowest BCUT2D eigenvalue weighted by Crippen LogP contribution is -2.01. The molecule has 0 atom stereocenters. The Morgan fingerprint density at radius 3 is 2.21 bits per heavy atom. The normalized spacial score (nSPS) is 10.0. The average molecular weight is 370 g/mol. The summed E-state index contributed by atoms with van der Waals surface area (Å²) in [6.45, 7) is 0. The van der Waals surface area contributed by atoms with Gasteiger partial charge in [0.25, 0.3) is 0 Å². The molecular weight excluding hydrogens is 356 g/mol. The first-order chi connectivity index (χ1) is 13.5. The van der Waals surface area contributed by atoms with Gasteiger partial charge in [0.15, 0.2) is 0 Å². The SMILES string of the molecule is COC(=O)c1ccc2c3cc(C(C#N)=C(C#N)C#N)c(OC)cc3n(C)c2c1. The molecule has 0 fully saturated rings. The van der Waals surface area contributed by atoms with E-state index in [0.717, 1.165) is 21.8 Å². The van der Waals surface area contributed by atoms with Gasteiger partial charge in [-0.15, -0.1) is 0 Å². The van der Waals surface area contributed by atoms with Gasteiger partial charge in [0, 0.05) is 35.0 Å². The average Bonchev–Trinajstić information content (AvgIpc) is 3.01. The van der Waals surface area contributed by atoms with E-state index in [1.807, 2.05) is 17.7 Å². The van der Waals surface area contributed by atoms with Crippen LogP contribution in [0.1, 0.15) is 15.9 Å². The molecule has 0 saturated heterocycles. The van der Waals surface area contributed by atoms with Gasteiger partial charge in [-0.05, 0) is 18.2 Å². The van der Waals surface area contributed by atoms with Gasteiger partial charge in [0.05, 0.1) is 30.9 Å². The summed E-state index contributed by atoms with van der Waals surface area (Å²) in [5.41, 5.74) is 2.05. The summed E-state index contributed by atoms with van der Waals surface area (Å²) in [6, 6.07) is 14.1. The van der Waals surface area contributed by atoms with Crippen LogP contribution >= 0.6 is 0 Å². The largest absolute Gasteiger partial charge is 0.496 e. The minimum absolute atomic E-state index is 0.0491. The number of hydrogen-bond acceptors (Lipinski definition) is 6. The van der Waals surface area contributed by atoms with Gasteiger partial charge >= 0.3 is 5.97 Å². The highest BCUT2D eigenvalue weighted by molar-refractivity contribution is 6.11. The number of aryl methyl sites for hydroxylation is 1. The number of nitrogens with zero attached hydrogens (tertiary/aromatic N) is 4. The van der Waals surface area contributed by atoms with Gasteiger partial charge < -0.3 is 14.0 Å². The summed E-state index contributed by atoms with van der Waals surface area (Å²) in [7, 11) is 4.63. The lowest BCUT2D eigenvalue weighted by Gasteiger charge is -2.09. The first-order valence-electron chi connectivity index (χ1n) is 8.14. The Morgan fingerprint density at radius 1 is 0.964 bits per heavy atom. The van der Waals surface area contributed by atoms with E-state index in [9.17, 15) is 20.6 Å². The summed E-state index contributed by atoms with van der Waals surface area (Å²) < 4.78 is 12.1. The quantitative estimate of drug-likeness (QED) is 0.515. The number of rotatable bonds is 3. The van der Waals surface area contributed by atoms with E-state index in [2.05, 4.69) is 0 Å². The second-order valence-electron chi connectivity index (χ2n) is 5.94. The zero-order valence-electron chi connectivity index (χ0n) is 15.4. The summed E-state index contributed by atoms with van der Waals surface area (Å²) in [5.74, 6) is -0.0704. The van der Waals surface area contributed by atoms with Crippen LogP contribution in [0.3, 0.4) is 0 Å². The summed E-state index contributed by atoms with van der Waals surface area (Å²) in [6.07, 6.45) is 0. The molecule has 2 aromatic carbocycles. The van der Waals surface area contributed by atoms with Crippen LogP contribution in [0.15, 0.2) is 35.9 Å². The summed E-state index contributed by atoms with van der Waals surface area (Å²) in [5, 5.41) is 29.5. The van der Waals surface area contributed by atoms with E-state index in [1.165, 1.54) is 14.2 Å². The second kappa shape index (κ2) is 7.15. The molecule has 1 aromatic heterocycles. The van der Waals surface area contributed by atoms with Crippen LogP contribution in [-0.4, -0.2) is 24.8 Å². The fourth-order valence-corrected chi connectivity index (χ4v) is 3.23. The molecule has 0 bridgehead atoms. The smallest absolute Gasteiger partial charge is 0.337 e. The number of aromatic nitrogens is 1. The Balaban J connectivity index is 2.42. The van der Waals surface area contributed by atoms with Crippen molar-refractivity contribution in [2.45, 2.75) is 0 Å². The molecule has 0 aliphatic heterocycles. The zero-order chi connectivity index (χ0) is 20.4. The highest BCUT2D eigenvalue weighted by Gasteiger charge is 2.19. The Labute approximate surface area is 160 Å². The van der Waals surface area contributed by atoms with Crippen LogP contribution in [0.5, 0.6) is 5.75 Å². The maximum Gasteiger partial charge on any atom is 0.337 e. The van der Waals surface area contributed by atoms with Gasteiger partial charge in [0.2, 0.25) is 0 Å². The first kappa shape index (κ1) is 18.5. The van der Waals surface area contributed by atoms with E-state index in [-0.39, 0.29) is 11.1 Å². The molecule has 0 unspecified atom stereocenters. The van der Waals surface area contributed by atoms with Gasteiger partial charge in [-0.25, -0.2) is 4.79 Å². The second-order valence-corrected chi connectivity index (χ2v) is 5.94. The third-order valence-electron chi connectivity index (χ3n) is 4.60. The maximum absolute atomic E-state index is 11.9. The fourth-order valence-electron chi connectivity index (χ4n) is 3.23. The number of esters is 1. The predicted octanol–water partition coefficient (Wildman–Crippen LogP) is 3.45. The lowest BCUT2D eigenvalue weighted by atomic mass is 9.98. The molecule has 7 nitrogen and oxygen atoms in total. The molecule has 136 valence electrons. The van der Waals surface area contributed by atoms with Crippen molar-refractivity contribution in [1.29, 1.82) is 15.8 Å². The monoisotopic (exact) mass is 370 g/mol. The lowest BCUT2D eigenvalue weighted by molar-refractivity contribution is 0.0601. The molecular formula is C21H14N4O3. The standard InChI is InChI=1S/C21H14N4O3/c1-25-18-6-12(21(26)28-3)4-5-14(18)15-7-16(20(27-2)8-19(15)25)17(11-24)13(9-22)10-23/h4-8H,1-3H3. The minimum Gasteiger partial charge on any atom is -0.496 e. The first-order valence-corrected chi connectivity index (χ1v) is 8.14. The number of ether oxygens (including phenoxy) is 2. The molecule has 0 aliphatic rings. The number of allylic oxidation sites excluding steroid dienone is 2. The topological polar surface area (TPSA) is 112 Å². The molecule has 0 N–H and O–H groups in total. The van der Waals surface area contributed by atoms with Gasteiger partial charge in [-0.1, -0.05) is 6.07 Å². The van der Waals surface area contributed by atoms with Gasteiger partial charge in [-0.3, -0.25) is 0 Å². The Bertz CT molecular complexity index is 1280. The Morgan fingerprint density at radius 2 is 1.64 bits per heavy atom. The van der Waals surface area contributed by atoms with Crippen molar-refractivity contribution in [1.82, 2.24) is 4.57 Å². The molecule has 0 amide bonds. The molecule has 28 heavy (non-hydrogen) atoms. The Hall–Kier alpha value is -4.28. The third kappa shape index (κ3) is 2.70. The highest BCUT2D eigenvalue weighted by Crippen LogP contribution is 2.37. The van der Waals surface area contributed by atoms with Crippen molar-refractivity contribution >= 4 is 33.3 Å². The number of carbonyl (C=O) groups is 1. The van der Waals surface area contributed by atoms with E-state index in [0.29, 0.717) is 16.9 Å². The van der Waals surface area contributed by atoms with Crippen LogP contribution < -0.4 is 4.74 Å². The van der Waals surface area contributed by atoms with Crippen LogP contribution in [-0.2, 0) is 11.8 Å². The van der Waals surface area contributed by atoms with Crippen molar-refractivity contribution in [2.75, 3.05) is 14.2 Å². The molecule has 0 spiro atoms. The van der Waals surface area contributed by atoms with Gasteiger partial charge in [0.1, 0.15) is 29.5 Å². The summed E-state index contributed by atoms with van der Waals surface area (Å²) >= 11 is 0. The summed E-state index contributed by atoms with van der Waals surface area (Å²) in [4.78, 5) is 11.9. The number of carbonyl (C=O) groups excluding carboxylic acids is 1. The molecule has 0 aliphatic carbocycles. The van der Waals surface area contributed by atoms with Crippen LogP contribution in [0.4, 0.5) is 0 Å². The molecule has 0 saturated carbocycles. The predicted molar refractivity (Wildman–Crippen MR) is 102 cm³/mol. The molecule has 3 aromatic rings. The number of methoxy groups -OCH3 is 2. The van der Waals surface area contributed by atoms with Crippen molar-refractivity contribution in [3.63, 3.8) is 0 Å². The zero-order valence-corrected chi connectivity index (χ0v) is 15.4. The molecule has 1 heterocycles. The number of fused-ring (bicyclic) bond motifs is 3.